The second-order valence-corrected chi connectivity index (χ2v) is 5.07. The third kappa shape index (κ3) is 3.72. The summed E-state index contributed by atoms with van der Waals surface area (Å²) in [5.41, 5.74) is 0. The Morgan fingerprint density at radius 3 is 2.47 bits per heavy atom. The van der Waals surface area contributed by atoms with Gasteiger partial charge in [0.05, 0.1) is 0 Å². The van der Waals surface area contributed by atoms with Gasteiger partial charge in [0.2, 0.25) is 5.91 Å². The molecular formula is C15H25NO. The van der Waals surface area contributed by atoms with Crippen LogP contribution in [0.25, 0.3) is 0 Å². The predicted octanol–water partition coefficient (Wildman–Crippen LogP) is 3.54. The Labute approximate surface area is 105 Å². The molecule has 2 nitrogen and oxygen atoms in total. The monoisotopic (exact) mass is 235 g/mol. The number of likely N-dealkylation sites (tertiary alicyclic amines) is 1. The minimum atomic E-state index is 0.171. The number of allylic oxidation sites excluding steroid dienone is 2. The van der Waals surface area contributed by atoms with E-state index in [9.17, 15) is 4.79 Å². The molecule has 2 heteroatoms. The molecule has 1 saturated heterocycles. The van der Waals surface area contributed by atoms with Crippen LogP contribution in [0.3, 0.4) is 0 Å². The van der Waals surface area contributed by atoms with Crippen LogP contribution in [0.15, 0.2) is 24.8 Å². The summed E-state index contributed by atoms with van der Waals surface area (Å²) in [7, 11) is 0. The molecule has 0 N–H and O–H groups in total. The molecule has 17 heavy (non-hydrogen) atoms. The third-order valence-electron chi connectivity index (χ3n) is 3.71. The number of hydrogen-bond donors (Lipinski definition) is 0. The van der Waals surface area contributed by atoms with Gasteiger partial charge >= 0.3 is 0 Å². The van der Waals surface area contributed by atoms with Gasteiger partial charge in [-0.3, -0.25) is 4.79 Å². The average molecular weight is 235 g/mol. The lowest BCUT2D eigenvalue weighted by Gasteiger charge is -2.25. The zero-order valence-electron chi connectivity index (χ0n) is 11.4. The first-order valence-electron chi connectivity index (χ1n) is 6.71. The minimum absolute atomic E-state index is 0.171. The van der Waals surface area contributed by atoms with Gasteiger partial charge in [0.1, 0.15) is 0 Å². The van der Waals surface area contributed by atoms with Crippen molar-refractivity contribution in [1.82, 2.24) is 4.90 Å². The highest BCUT2D eigenvalue weighted by molar-refractivity contribution is 5.88. The maximum atomic E-state index is 12.1. The summed E-state index contributed by atoms with van der Waals surface area (Å²) in [5, 5.41) is 0. The molecule has 1 heterocycles. The summed E-state index contributed by atoms with van der Waals surface area (Å²) in [4.78, 5) is 14.1. The molecule has 0 aliphatic carbocycles. The molecule has 0 radical (unpaired) electrons. The van der Waals surface area contributed by atoms with Crippen LogP contribution >= 0.6 is 0 Å². The van der Waals surface area contributed by atoms with Crippen molar-refractivity contribution in [2.75, 3.05) is 0 Å². The van der Waals surface area contributed by atoms with E-state index in [1.165, 1.54) is 0 Å². The summed E-state index contributed by atoms with van der Waals surface area (Å²) < 4.78 is 0. The van der Waals surface area contributed by atoms with E-state index in [1.54, 1.807) is 6.08 Å². The van der Waals surface area contributed by atoms with Crippen molar-refractivity contribution in [1.29, 1.82) is 0 Å². The van der Waals surface area contributed by atoms with Crippen molar-refractivity contribution in [3.63, 3.8) is 0 Å². The summed E-state index contributed by atoms with van der Waals surface area (Å²) >= 11 is 0. The normalized spacial score (nSPS) is 26.4. The molecule has 0 aromatic rings. The first-order chi connectivity index (χ1) is 8.10. The van der Waals surface area contributed by atoms with Crippen molar-refractivity contribution in [2.45, 2.75) is 58.5 Å². The smallest absolute Gasteiger partial charge is 0.246 e. The van der Waals surface area contributed by atoms with E-state index in [0.29, 0.717) is 18.0 Å². The maximum Gasteiger partial charge on any atom is 0.246 e. The molecule has 0 saturated carbocycles. The number of amides is 1. The number of carbonyl (C=O) groups is 1. The molecule has 0 spiro atoms. The van der Waals surface area contributed by atoms with Crippen LogP contribution in [-0.2, 0) is 4.79 Å². The molecule has 0 aromatic heterocycles. The Hall–Kier alpha value is -1.05. The maximum absolute atomic E-state index is 12.1. The molecule has 0 aromatic carbocycles. The van der Waals surface area contributed by atoms with Gasteiger partial charge < -0.3 is 4.90 Å². The van der Waals surface area contributed by atoms with Crippen molar-refractivity contribution in [3.05, 3.63) is 24.8 Å². The zero-order valence-corrected chi connectivity index (χ0v) is 11.4. The summed E-state index contributed by atoms with van der Waals surface area (Å²) in [6.45, 7) is 10.2. The number of nitrogens with zero attached hydrogens (tertiary/aromatic N) is 1. The second kappa shape index (κ2) is 6.63. The van der Waals surface area contributed by atoms with Crippen LogP contribution in [-0.4, -0.2) is 22.9 Å². The number of hydrogen-bond acceptors (Lipinski definition) is 1. The summed E-state index contributed by atoms with van der Waals surface area (Å²) in [5.74, 6) is 0.620. The third-order valence-corrected chi connectivity index (χ3v) is 3.71. The lowest BCUT2D eigenvalue weighted by Crippen LogP contribution is -2.37. The van der Waals surface area contributed by atoms with E-state index in [-0.39, 0.29) is 5.91 Å². The lowest BCUT2D eigenvalue weighted by molar-refractivity contribution is -0.128. The highest BCUT2D eigenvalue weighted by atomic mass is 16.2. The Balaban J connectivity index is 2.58. The fourth-order valence-electron chi connectivity index (χ4n) is 2.53. The standard InChI is InChI=1S/C15H25NO/c1-5-7-14(6-2)10-11-15(17)16-12(3)8-9-13(16)4/h5,10-14H,1,6-9H2,2-4H3/t12-,13-,14?/m0/s1. The highest BCUT2D eigenvalue weighted by Crippen LogP contribution is 2.23. The van der Waals surface area contributed by atoms with E-state index in [0.717, 1.165) is 25.7 Å². The Morgan fingerprint density at radius 2 is 2.00 bits per heavy atom. The average Bonchev–Trinajstić information content (AvgIpc) is 2.64. The van der Waals surface area contributed by atoms with Crippen LogP contribution < -0.4 is 0 Å². The van der Waals surface area contributed by atoms with Crippen LogP contribution in [0.1, 0.15) is 46.5 Å². The SMILES string of the molecule is C=CCC(C=CC(=O)N1[C@@H](C)CC[C@@H]1C)CC. The molecule has 1 unspecified atom stereocenters. The van der Waals surface area contributed by atoms with Crippen LogP contribution in [0.2, 0.25) is 0 Å². The predicted molar refractivity (Wildman–Crippen MR) is 72.7 cm³/mol. The first-order valence-corrected chi connectivity index (χ1v) is 6.71. The summed E-state index contributed by atoms with van der Waals surface area (Å²) in [6.07, 6.45) is 9.99. The molecule has 1 aliphatic heterocycles. The van der Waals surface area contributed by atoms with Gasteiger partial charge in [-0.25, -0.2) is 0 Å². The van der Waals surface area contributed by atoms with E-state index in [1.807, 2.05) is 17.1 Å². The van der Waals surface area contributed by atoms with Gasteiger partial charge in [0, 0.05) is 12.1 Å². The second-order valence-electron chi connectivity index (χ2n) is 5.07. The van der Waals surface area contributed by atoms with E-state index < -0.39 is 0 Å². The van der Waals surface area contributed by atoms with Gasteiger partial charge in [-0.1, -0.05) is 19.1 Å². The van der Waals surface area contributed by atoms with Crippen LogP contribution in [0, 0.1) is 5.92 Å². The zero-order chi connectivity index (χ0) is 12.8. The summed E-state index contributed by atoms with van der Waals surface area (Å²) in [6, 6.07) is 0.781. The molecule has 1 aliphatic rings. The minimum Gasteiger partial charge on any atom is -0.334 e. The quantitative estimate of drug-likeness (QED) is 0.527. The van der Waals surface area contributed by atoms with Crippen molar-refractivity contribution < 1.29 is 4.79 Å². The van der Waals surface area contributed by atoms with Crippen LogP contribution in [0.4, 0.5) is 0 Å². The molecule has 3 atom stereocenters. The largest absolute Gasteiger partial charge is 0.334 e. The number of carbonyl (C=O) groups excluding carboxylic acids is 1. The fourth-order valence-corrected chi connectivity index (χ4v) is 2.53. The Bertz CT molecular complexity index is 285. The number of rotatable bonds is 5. The topological polar surface area (TPSA) is 20.3 Å². The van der Waals surface area contributed by atoms with Gasteiger partial charge in [-0.2, -0.15) is 0 Å². The lowest BCUT2D eigenvalue weighted by atomic mass is 10.0. The molecule has 96 valence electrons. The highest BCUT2D eigenvalue weighted by Gasteiger charge is 2.29. The molecule has 1 fully saturated rings. The van der Waals surface area contributed by atoms with E-state index in [2.05, 4.69) is 27.4 Å². The Morgan fingerprint density at radius 1 is 1.41 bits per heavy atom. The van der Waals surface area contributed by atoms with Crippen molar-refractivity contribution >= 4 is 5.91 Å². The van der Waals surface area contributed by atoms with Crippen molar-refractivity contribution in [3.8, 4) is 0 Å². The van der Waals surface area contributed by atoms with Gasteiger partial charge in [0.15, 0.2) is 0 Å². The first kappa shape index (κ1) is 14.0. The van der Waals surface area contributed by atoms with Crippen molar-refractivity contribution in [2.24, 2.45) is 5.92 Å². The molecule has 0 bridgehead atoms. The van der Waals surface area contributed by atoms with Gasteiger partial charge in [-0.15, -0.1) is 6.58 Å². The van der Waals surface area contributed by atoms with E-state index >= 15 is 0 Å². The molecule has 1 rings (SSSR count). The van der Waals surface area contributed by atoms with Crippen LogP contribution in [0.5, 0.6) is 0 Å². The van der Waals surface area contributed by atoms with Gasteiger partial charge in [-0.05, 0) is 51.5 Å². The fraction of sp³-hybridized carbons (Fsp3) is 0.667. The Kier molecular flexibility index (Phi) is 5.46. The molecular weight excluding hydrogens is 210 g/mol. The molecule has 1 amide bonds. The van der Waals surface area contributed by atoms with Gasteiger partial charge in [0.25, 0.3) is 0 Å². The van der Waals surface area contributed by atoms with E-state index in [4.69, 9.17) is 0 Å².